The van der Waals surface area contributed by atoms with Gasteiger partial charge in [0.2, 0.25) is 0 Å². The normalized spacial score (nSPS) is 11.0. The van der Waals surface area contributed by atoms with Crippen LogP contribution in [0, 0.1) is 6.92 Å². The van der Waals surface area contributed by atoms with E-state index in [9.17, 15) is 4.79 Å². The molecule has 3 aromatic carbocycles. The fraction of sp³-hybridized carbons (Fsp3) is 0.107. The van der Waals surface area contributed by atoms with Crippen LogP contribution in [-0.2, 0) is 13.0 Å². The Kier molecular flexibility index (Phi) is 6.39. The van der Waals surface area contributed by atoms with Gasteiger partial charge in [0.25, 0.3) is 5.91 Å². The van der Waals surface area contributed by atoms with Gasteiger partial charge in [0.15, 0.2) is 5.13 Å². The lowest BCUT2D eigenvalue weighted by Gasteiger charge is -2.20. The van der Waals surface area contributed by atoms with Crippen molar-refractivity contribution in [2.75, 3.05) is 4.90 Å². The fourth-order valence-corrected chi connectivity index (χ4v) is 5.33. The molecule has 0 unspecified atom stereocenters. The molecule has 0 aliphatic heterocycles. The van der Waals surface area contributed by atoms with Gasteiger partial charge in [0.1, 0.15) is 0 Å². The Morgan fingerprint density at radius 2 is 1.68 bits per heavy atom. The number of pyridine rings is 1. The predicted octanol–water partition coefficient (Wildman–Crippen LogP) is 7.09. The number of benzene rings is 3. The molecule has 0 spiro atoms. The molecule has 1 amide bonds. The molecule has 0 N–H and O–H groups in total. The van der Waals surface area contributed by atoms with E-state index in [-0.39, 0.29) is 5.91 Å². The van der Waals surface area contributed by atoms with Gasteiger partial charge < -0.3 is 0 Å². The minimum Gasteiger partial charge on any atom is -0.279 e. The number of hydrogen-bond acceptors (Lipinski definition) is 4. The van der Waals surface area contributed by atoms with E-state index in [2.05, 4.69) is 17.1 Å². The first-order valence-electron chi connectivity index (χ1n) is 11.0. The zero-order valence-electron chi connectivity index (χ0n) is 18.6. The highest BCUT2D eigenvalue weighted by molar-refractivity contribution is 7.22. The summed E-state index contributed by atoms with van der Waals surface area (Å²) in [5, 5.41) is 1.31. The Bertz CT molecular complexity index is 1430. The molecule has 4 nitrogen and oxygen atoms in total. The molecule has 0 bridgehead atoms. The van der Waals surface area contributed by atoms with Crippen molar-refractivity contribution in [3.05, 3.63) is 124 Å². The first-order chi connectivity index (χ1) is 16.6. The quantitative estimate of drug-likeness (QED) is 0.259. The highest BCUT2D eigenvalue weighted by Gasteiger charge is 2.22. The van der Waals surface area contributed by atoms with E-state index in [0.29, 0.717) is 22.3 Å². The van der Waals surface area contributed by atoms with Crippen LogP contribution in [0.5, 0.6) is 0 Å². The van der Waals surface area contributed by atoms with Crippen molar-refractivity contribution in [3.63, 3.8) is 0 Å². The van der Waals surface area contributed by atoms with E-state index in [1.165, 1.54) is 16.9 Å². The summed E-state index contributed by atoms with van der Waals surface area (Å²) in [5.41, 5.74) is 5.81. The second-order valence-corrected chi connectivity index (χ2v) is 9.62. The highest BCUT2D eigenvalue weighted by Crippen LogP contribution is 2.34. The summed E-state index contributed by atoms with van der Waals surface area (Å²) in [6, 6.07) is 25.8. The lowest BCUT2D eigenvalue weighted by atomic mass is 10.0. The van der Waals surface area contributed by atoms with Gasteiger partial charge in [-0.05, 0) is 65.9 Å². The summed E-state index contributed by atoms with van der Waals surface area (Å²) in [5.74, 6) is -0.0991. The van der Waals surface area contributed by atoms with Crippen molar-refractivity contribution >= 4 is 44.2 Å². The zero-order valence-corrected chi connectivity index (χ0v) is 20.2. The molecule has 0 radical (unpaired) electrons. The highest BCUT2D eigenvalue weighted by atomic mass is 35.5. The minimum atomic E-state index is -0.0991. The van der Waals surface area contributed by atoms with Gasteiger partial charge in [-0.15, -0.1) is 0 Å². The largest absolute Gasteiger partial charge is 0.279 e. The number of hydrogen-bond donors (Lipinski definition) is 0. The molecule has 168 valence electrons. The third kappa shape index (κ3) is 4.86. The summed E-state index contributed by atoms with van der Waals surface area (Å²) in [6.45, 7) is 2.36. The van der Waals surface area contributed by atoms with Gasteiger partial charge in [0.05, 0.1) is 16.8 Å². The number of amides is 1. The number of halogens is 1. The smallest absolute Gasteiger partial charge is 0.260 e. The van der Waals surface area contributed by atoms with Gasteiger partial charge in [-0.25, -0.2) is 4.98 Å². The number of rotatable bonds is 6. The summed E-state index contributed by atoms with van der Waals surface area (Å²) >= 11 is 7.73. The van der Waals surface area contributed by atoms with E-state index in [1.807, 2.05) is 73.7 Å². The molecular formula is C28H22ClN3OS. The Labute approximate surface area is 207 Å². The topological polar surface area (TPSA) is 46.1 Å². The molecule has 5 aromatic rings. The summed E-state index contributed by atoms with van der Waals surface area (Å²) < 4.78 is 0.960. The summed E-state index contributed by atoms with van der Waals surface area (Å²) in [4.78, 5) is 24.4. The average molecular weight is 484 g/mol. The second-order valence-electron chi connectivity index (χ2n) is 8.18. The molecule has 0 aliphatic rings. The number of aromatic nitrogens is 2. The Hall–Kier alpha value is -3.54. The van der Waals surface area contributed by atoms with Crippen LogP contribution in [-0.4, -0.2) is 15.9 Å². The maximum Gasteiger partial charge on any atom is 0.260 e. The first-order valence-corrected chi connectivity index (χ1v) is 12.2. The Balaban J connectivity index is 1.47. The number of fused-ring (bicyclic) bond motifs is 1. The van der Waals surface area contributed by atoms with E-state index < -0.39 is 0 Å². The van der Waals surface area contributed by atoms with Gasteiger partial charge in [-0.2, -0.15) is 0 Å². The molecule has 0 saturated carbocycles. The third-order valence-corrected chi connectivity index (χ3v) is 6.87. The number of aryl methyl sites for hydroxylation is 1. The Morgan fingerprint density at radius 3 is 2.41 bits per heavy atom. The van der Waals surface area contributed by atoms with Crippen molar-refractivity contribution < 1.29 is 4.79 Å². The molecule has 0 saturated heterocycles. The minimum absolute atomic E-state index is 0.0991. The van der Waals surface area contributed by atoms with Crippen LogP contribution in [0.25, 0.3) is 10.2 Å². The van der Waals surface area contributed by atoms with Crippen molar-refractivity contribution in [2.45, 2.75) is 19.9 Å². The molecular weight excluding hydrogens is 462 g/mol. The van der Waals surface area contributed by atoms with Gasteiger partial charge >= 0.3 is 0 Å². The number of thiazole rings is 1. The third-order valence-electron chi connectivity index (χ3n) is 5.63. The van der Waals surface area contributed by atoms with E-state index in [4.69, 9.17) is 16.6 Å². The molecule has 6 heteroatoms. The maximum atomic E-state index is 13.7. The molecule has 0 aliphatic carbocycles. The van der Waals surface area contributed by atoms with Crippen LogP contribution >= 0.6 is 22.9 Å². The molecule has 0 atom stereocenters. The monoisotopic (exact) mass is 483 g/mol. The summed E-state index contributed by atoms with van der Waals surface area (Å²) in [7, 11) is 0. The van der Waals surface area contributed by atoms with E-state index in [0.717, 1.165) is 33.3 Å². The van der Waals surface area contributed by atoms with Crippen molar-refractivity contribution in [1.82, 2.24) is 9.97 Å². The average Bonchev–Trinajstić information content (AvgIpc) is 3.28. The molecule has 5 rings (SSSR count). The van der Waals surface area contributed by atoms with E-state index >= 15 is 0 Å². The molecule has 0 fully saturated rings. The van der Waals surface area contributed by atoms with Crippen LogP contribution in [0.2, 0.25) is 5.02 Å². The van der Waals surface area contributed by atoms with Crippen molar-refractivity contribution in [1.29, 1.82) is 0 Å². The molecule has 34 heavy (non-hydrogen) atoms. The van der Waals surface area contributed by atoms with Gasteiger partial charge in [0, 0.05) is 23.0 Å². The number of nitrogens with zero attached hydrogens (tertiary/aromatic N) is 3. The standard InChI is InChI=1S/C28H22ClN3OS/c1-19-14-24(29)16-25-26(19)31-28(34-25)32(18-22-8-5-13-30-17-22)27(33)23-11-9-21(10-12-23)15-20-6-3-2-4-7-20/h2-14,16-17H,15,18H2,1H3. The van der Waals surface area contributed by atoms with Crippen molar-refractivity contribution in [3.8, 4) is 0 Å². The summed E-state index contributed by atoms with van der Waals surface area (Å²) in [6.07, 6.45) is 4.33. The van der Waals surface area contributed by atoms with Crippen LogP contribution < -0.4 is 4.90 Å². The first kappa shape index (κ1) is 22.3. The number of carbonyl (C=O) groups excluding carboxylic acids is 1. The lowest BCUT2D eigenvalue weighted by Crippen LogP contribution is -2.30. The number of anilines is 1. The van der Waals surface area contributed by atoms with Crippen LogP contribution in [0.15, 0.2) is 91.3 Å². The van der Waals surface area contributed by atoms with Crippen LogP contribution in [0.4, 0.5) is 5.13 Å². The van der Waals surface area contributed by atoms with Crippen LogP contribution in [0.3, 0.4) is 0 Å². The zero-order chi connectivity index (χ0) is 23.5. The fourth-order valence-electron chi connectivity index (χ4n) is 3.91. The van der Waals surface area contributed by atoms with Gasteiger partial charge in [-0.3, -0.25) is 14.7 Å². The second kappa shape index (κ2) is 9.75. The maximum absolute atomic E-state index is 13.7. The Morgan fingerprint density at radius 1 is 0.941 bits per heavy atom. The predicted molar refractivity (Wildman–Crippen MR) is 140 cm³/mol. The number of carbonyl (C=O) groups is 1. The van der Waals surface area contributed by atoms with Crippen LogP contribution in [0.1, 0.15) is 32.6 Å². The SMILES string of the molecule is Cc1cc(Cl)cc2sc(N(Cc3cccnc3)C(=O)c3ccc(Cc4ccccc4)cc3)nc12. The van der Waals surface area contributed by atoms with Crippen molar-refractivity contribution in [2.24, 2.45) is 0 Å². The lowest BCUT2D eigenvalue weighted by molar-refractivity contribution is 0.0985. The van der Waals surface area contributed by atoms with Gasteiger partial charge in [-0.1, -0.05) is 71.5 Å². The molecule has 2 aromatic heterocycles. The van der Waals surface area contributed by atoms with E-state index in [1.54, 1.807) is 17.3 Å². The molecule has 2 heterocycles.